The van der Waals surface area contributed by atoms with Gasteiger partial charge in [0, 0.05) is 5.02 Å². The summed E-state index contributed by atoms with van der Waals surface area (Å²) in [5, 5.41) is 0.194. The number of hydrogen-bond donors (Lipinski definition) is 0. The van der Waals surface area contributed by atoms with Crippen LogP contribution in [0.5, 0.6) is 0 Å². The lowest BCUT2D eigenvalue weighted by Crippen LogP contribution is -2.11. The molecular weight excluding hydrogens is 225 g/mol. The first kappa shape index (κ1) is 12.4. The van der Waals surface area contributed by atoms with Crippen LogP contribution in [0.2, 0.25) is 5.02 Å². The Kier molecular flexibility index (Phi) is 3.66. The monoisotopic (exact) mass is 236 g/mol. The van der Waals surface area contributed by atoms with Crippen LogP contribution in [0.3, 0.4) is 0 Å². The second-order valence-corrected chi connectivity index (χ2v) is 3.92. The van der Waals surface area contributed by atoms with Gasteiger partial charge in [0.05, 0.1) is 5.56 Å². The molecule has 15 heavy (non-hydrogen) atoms. The molecule has 0 aliphatic rings. The molecule has 1 aromatic carbocycles. The predicted molar refractivity (Wildman–Crippen MR) is 55.2 cm³/mol. The molecule has 1 rings (SSSR count). The van der Waals surface area contributed by atoms with Crippen LogP contribution in [-0.2, 0) is 6.18 Å². The molecule has 4 heteroatoms. The van der Waals surface area contributed by atoms with Crippen LogP contribution in [-0.4, -0.2) is 0 Å². The van der Waals surface area contributed by atoms with E-state index in [-0.39, 0.29) is 16.5 Å². The summed E-state index contributed by atoms with van der Waals surface area (Å²) >= 11 is 5.81. The number of benzene rings is 1. The summed E-state index contributed by atoms with van der Waals surface area (Å²) in [4.78, 5) is 0. The van der Waals surface area contributed by atoms with Gasteiger partial charge in [0.25, 0.3) is 0 Å². The van der Waals surface area contributed by atoms with Crippen molar-refractivity contribution < 1.29 is 13.2 Å². The van der Waals surface area contributed by atoms with Crippen molar-refractivity contribution in [2.75, 3.05) is 0 Å². The maximum atomic E-state index is 12.7. The maximum absolute atomic E-state index is 12.7. The highest BCUT2D eigenvalue weighted by Gasteiger charge is 2.34. The Morgan fingerprint density at radius 1 is 1.33 bits per heavy atom. The maximum Gasteiger partial charge on any atom is 0.416 e. The van der Waals surface area contributed by atoms with Gasteiger partial charge in [0.15, 0.2) is 0 Å². The smallest absolute Gasteiger partial charge is 0.166 e. The molecule has 0 fully saturated rings. The summed E-state index contributed by atoms with van der Waals surface area (Å²) in [6.07, 6.45) is -3.70. The van der Waals surface area contributed by atoms with E-state index in [1.807, 2.05) is 6.92 Å². The quantitative estimate of drug-likeness (QED) is 0.687. The van der Waals surface area contributed by atoms with Crippen molar-refractivity contribution in [3.8, 4) is 0 Å². The van der Waals surface area contributed by atoms with E-state index < -0.39 is 11.7 Å². The van der Waals surface area contributed by atoms with Crippen LogP contribution in [0, 0.1) is 0 Å². The third-order valence-electron chi connectivity index (χ3n) is 2.46. The highest BCUT2D eigenvalue weighted by atomic mass is 35.5. The van der Waals surface area contributed by atoms with Gasteiger partial charge < -0.3 is 0 Å². The zero-order valence-corrected chi connectivity index (χ0v) is 9.28. The van der Waals surface area contributed by atoms with Crippen LogP contribution in [0.25, 0.3) is 0 Å². The van der Waals surface area contributed by atoms with Crippen molar-refractivity contribution in [1.29, 1.82) is 0 Å². The Hall–Kier alpha value is -0.700. The second kappa shape index (κ2) is 4.44. The standard InChI is InChI=1S/C11H12ClF3/c1-3-7(2)10-8(11(13,14)15)5-4-6-9(10)12/h4-7H,3H2,1-2H3/t7-/m1/s1. The van der Waals surface area contributed by atoms with Gasteiger partial charge in [0.2, 0.25) is 0 Å². The summed E-state index contributed by atoms with van der Waals surface area (Å²) in [5.41, 5.74) is -0.418. The van der Waals surface area contributed by atoms with Gasteiger partial charge in [-0.2, -0.15) is 13.2 Å². The number of alkyl halides is 3. The van der Waals surface area contributed by atoms with Gasteiger partial charge in [-0.1, -0.05) is 31.5 Å². The summed E-state index contributed by atoms with van der Waals surface area (Å²) in [5.74, 6) is -0.185. The molecule has 0 unspecified atom stereocenters. The molecule has 0 amide bonds. The largest absolute Gasteiger partial charge is 0.416 e. The molecule has 0 saturated heterocycles. The second-order valence-electron chi connectivity index (χ2n) is 3.51. The molecule has 0 N–H and O–H groups in total. The molecule has 0 heterocycles. The molecule has 0 spiro atoms. The highest BCUT2D eigenvalue weighted by Crippen LogP contribution is 2.39. The van der Waals surface area contributed by atoms with E-state index in [0.717, 1.165) is 6.07 Å². The Morgan fingerprint density at radius 2 is 1.93 bits per heavy atom. The SMILES string of the molecule is CC[C@@H](C)c1c(Cl)cccc1C(F)(F)F. The summed E-state index contributed by atoms with van der Waals surface area (Å²) in [7, 11) is 0. The van der Waals surface area contributed by atoms with Crippen LogP contribution in [0.15, 0.2) is 18.2 Å². The average Bonchev–Trinajstić information content (AvgIpc) is 2.15. The summed E-state index contributed by atoms with van der Waals surface area (Å²) in [6, 6.07) is 3.91. The van der Waals surface area contributed by atoms with Gasteiger partial charge in [-0.3, -0.25) is 0 Å². The van der Waals surface area contributed by atoms with E-state index in [1.165, 1.54) is 12.1 Å². The fraction of sp³-hybridized carbons (Fsp3) is 0.455. The summed E-state index contributed by atoms with van der Waals surface area (Å²) < 4.78 is 38.0. The third kappa shape index (κ3) is 2.65. The van der Waals surface area contributed by atoms with Crippen molar-refractivity contribution in [2.45, 2.75) is 32.4 Å². The van der Waals surface area contributed by atoms with Crippen molar-refractivity contribution in [3.63, 3.8) is 0 Å². The highest BCUT2D eigenvalue weighted by molar-refractivity contribution is 6.31. The normalized spacial score (nSPS) is 14.0. The van der Waals surface area contributed by atoms with E-state index in [2.05, 4.69) is 0 Å². The summed E-state index contributed by atoms with van der Waals surface area (Å²) in [6.45, 7) is 3.59. The molecule has 1 atom stereocenters. The molecule has 0 aromatic heterocycles. The molecule has 0 bridgehead atoms. The van der Waals surface area contributed by atoms with E-state index in [9.17, 15) is 13.2 Å². The zero-order valence-electron chi connectivity index (χ0n) is 8.53. The fourth-order valence-corrected chi connectivity index (χ4v) is 1.85. The first-order valence-corrected chi connectivity index (χ1v) is 5.11. The lowest BCUT2D eigenvalue weighted by Gasteiger charge is -2.18. The Labute approximate surface area is 92.1 Å². The van der Waals surface area contributed by atoms with Crippen molar-refractivity contribution in [2.24, 2.45) is 0 Å². The van der Waals surface area contributed by atoms with Gasteiger partial charge >= 0.3 is 6.18 Å². The molecule has 0 aliphatic carbocycles. The fourth-order valence-electron chi connectivity index (χ4n) is 1.49. The van der Waals surface area contributed by atoms with Crippen molar-refractivity contribution in [1.82, 2.24) is 0 Å². The molecule has 84 valence electrons. The molecule has 0 radical (unpaired) electrons. The van der Waals surface area contributed by atoms with Crippen LogP contribution < -0.4 is 0 Å². The third-order valence-corrected chi connectivity index (χ3v) is 2.79. The van der Waals surface area contributed by atoms with Crippen LogP contribution in [0.4, 0.5) is 13.2 Å². The topological polar surface area (TPSA) is 0 Å². The Morgan fingerprint density at radius 3 is 2.40 bits per heavy atom. The number of halogens is 4. The predicted octanol–water partition coefficient (Wildman–Crippen LogP) is 4.87. The molecular formula is C11H12ClF3. The molecule has 0 aliphatic heterocycles. The van der Waals surface area contributed by atoms with Gasteiger partial charge in [-0.15, -0.1) is 0 Å². The molecule has 0 saturated carbocycles. The molecule has 1 aromatic rings. The minimum atomic E-state index is -4.33. The van der Waals surface area contributed by atoms with Crippen molar-refractivity contribution >= 4 is 11.6 Å². The van der Waals surface area contributed by atoms with Crippen LogP contribution in [0.1, 0.15) is 37.3 Å². The number of rotatable bonds is 2. The molecule has 0 nitrogen and oxygen atoms in total. The lowest BCUT2D eigenvalue weighted by molar-refractivity contribution is -0.138. The minimum absolute atomic E-state index is 0.185. The van der Waals surface area contributed by atoms with Crippen LogP contribution >= 0.6 is 11.6 Å². The van der Waals surface area contributed by atoms with Gasteiger partial charge in [0.1, 0.15) is 0 Å². The Bertz CT molecular complexity index is 344. The van der Waals surface area contributed by atoms with Gasteiger partial charge in [-0.25, -0.2) is 0 Å². The van der Waals surface area contributed by atoms with E-state index in [0.29, 0.717) is 6.42 Å². The Balaban J connectivity index is 3.33. The average molecular weight is 237 g/mol. The van der Waals surface area contributed by atoms with E-state index in [1.54, 1.807) is 6.92 Å². The van der Waals surface area contributed by atoms with Gasteiger partial charge in [-0.05, 0) is 30.0 Å². The number of hydrogen-bond acceptors (Lipinski definition) is 0. The first-order valence-electron chi connectivity index (χ1n) is 4.73. The van der Waals surface area contributed by atoms with E-state index >= 15 is 0 Å². The zero-order chi connectivity index (χ0) is 11.6. The minimum Gasteiger partial charge on any atom is -0.166 e. The van der Waals surface area contributed by atoms with E-state index in [4.69, 9.17) is 11.6 Å². The van der Waals surface area contributed by atoms with Crippen molar-refractivity contribution in [3.05, 3.63) is 34.3 Å². The first-order chi connectivity index (χ1) is 6.88. The lowest BCUT2D eigenvalue weighted by atomic mass is 9.93.